The number of aryl methyl sites for hydroxylation is 2. The standard InChI is InChI=1S/C23H22N2O2S/c1-3-17-10-12-18(13-11-17)24-23(27)21(15-19-8-6-14-28-19)25-22(26)20-9-5-4-7-16(20)2/h4-15H,3H2,1-2H3,(H,24,27)(H,25,26)/b21-15-. The van der Waals surface area contributed by atoms with Gasteiger partial charge in [-0.1, -0.05) is 43.3 Å². The summed E-state index contributed by atoms with van der Waals surface area (Å²) in [5.74, 6) is -0.669. The summed E-state index contributed by atoms with van der Waals surface area (Å²) in [5.41, 5.74) is 3.48. The predicted octanol–water partition coefficient (Wildman–Crippen LogP) is 5.03. The second kappa shape index (κ2) is 9.15. The van der Waals surface area contributed by atoms with Gasteiger partial charge in [0.2, 0.25) is 0 Å². The summed E-state index contributed by atoms with van der Waals surface area (Å²) in [7, 11) is 0. The minimum atomic E-state index is -0.361. The Bertz CT molecular complexity index is 990. The summed E-state index contributed by atoms with van der Waals surface area (Å²) in [6.07, 6.45) is 2.63. The van der Waals surface area contributed by atoms with Crippen LogP contribution in [0.25, 0.3) is 6.08 Å². The van der Waals surface area contributed by atoms with Crippen LogP contribution in [0.3, 0.4) is 0 Å². The highest BCUT2D eigenvalue weighted by molar-refractivity contribution is 7.10. The van der Waals surface area contributed by atoms with Gasteiger partial charge in [-0.3, -0.25) is 9.59 Å². The molecule has 2 aromatic carbocycles. The van der Waals surface area contributed by atoms with Crippen molar-refractivity contribution in [1.29, 1.82) is 0 Å². The molecule has 0 atom stereocenters. The van der Waals surface area contributed by atoms with Gasteiger partial charge in [0, 0.05) is 16.1 Å². The van der Waals surface area contributed by atoms with E-state index in [1.807, 2.05) is 60.8 Å². The SMILES string of the molecule is CCc1ccc(NC(=O)/C(=C/c2cccs2)NC(=O)c2ccccc2C)cc1. The van der Waals surface area contributed by atoms with Gasteiger partial charge in [-0.2, -0.15) is 0 Å². The number of amides is 2. The fourth-order valence-corrected chi connectivity index (χ4v) is 3.37. The van der Waals surface area contributed by atoms with Crippen molar-refractivity contribution in [2.45, 2.75) is 20.3 Å². The summed E-state index contributed by atoms with van der Waals surface area (Å²) in [5, 5.41) is 7.56. The molecule has 0 unspecified atom stereocenters. The average Bonchev–Trinajstić information content (AvgIpc) is 3.21. The van der Waals surface area contributed by atoms with E-state index in [2.05, 4.69) is 17.6 Å². The van der Waals surface area contributed by atoms with Crippen LogP contribution in [-0.4, -0.2) is 11.8 Å². The van der Waals surface area contributed by atoms with E-state index >= 15 is 0 Å². The second-order valence-electron chi connectivity index (χ2n) is 6.35. The minimum absolute atomic E-state index is 0.204. The molecule has 4 nitrogen and oxygen atoms in total. The van der Waals surface area contributed by atoms with E-state index in [0.717, 1.165) is 16.9 Å². The van der Waals surface area contributed by atoms with Crippen LogP contribution in [0.1, 0.15) is 33.3 Å². The number of anilines is 1. The summed E-state index contributed by atoms with van der Waals surface area (Å²) < 4.78 is 0. The highest BCUT2D eigenvalue weighted by atomic mass is 32.1. The van der Waals surface area contributed by atoms with Gasteiger partial charge in [0.25, 0.3) is 11.8 Å². The molecule has 3 rings (SSSR count). The molecule has 0 aliphatic rings. The van der Waals surface area contributed by atoms with Crippen molar-refractivity contribution in [3.63, 3.8) is 0 Å². The molecule has 0 saturated heterocycles. The van der Waals surface area contributed by atoms with Gasteiger partial charge < -0.3 is 10.6 Å². The molecule has 1 heterocycles. The molecule has 142 valence electrons. The molecule has 0 fully saturated rings. The van der Waals surface area contributed by atoms with Crippen molar-refractivity contribution in [3.8, 4) is 0 Å². The number of carbonyl (C=O) groups excluding carboxylic acids is 2. The Morgan fingerprint density at radius 3 is 2.39 bits per heavy atom. The van der Waals surface area contributed by atoms with Crippen molar-refractivity contribution in [2.24, 2.45) is 0 Å². The zero-order valence-corrected chi connectivity index (χ0v) is 16.7. The van der Waals surface area contributed by atoms with E-state index in [-0.39, 0.29) is 17.5 Å². The topological polar surface area (TPSA) is 58.2 Å². The predicted molar refractivity (Wildman–Crippen MR) is 115 cm³/mol. The van der Waals surface area contributed by atoms with Gasteiger partial charge in [-0.05, 0) is 60.2 Å². The molecule has 2 amide bonds. The molecule has 0 spiro atoms. The number of thiophene rings is 1. The van der Waals surface area contributed by atoms with Crippen molar-refractivity contribution in [1.82, 2.24) is 5.32 Å². The number of hydrogen-bond donors (Lipinski definition) is 2. The molecular weight excluding hydrogens is 368 g/mol. The average molecular weight is 391 g/mol. The first-order chi connectivity index (χ1) is 13.6. The fourth-order valence-electron chi connectivity index (χ4n) is 2.71. The smallest absolute Gasteiger partial charge is 0.272 e. The van der Waals surface area contributed by atoms with E-state index in [0.29, 0.717) is 11.3 Å². The molecule has 0 radical (unpaired) electrons. The molecule has 0 bridgehead atoms. The normalized spacial score (nSPS) is 11.1. The number of rotatable bonds is 6. The van der Waals surface area contributed by atoms with Gasteiger partial charge in [0.05, 0.1) is 0 Å². The summed E-state index contributed by atoms with van der Waals surface area (Å²) in [6, 6.07) is 18.8. The molecule has 2 N–H and O–H groups in total. The molecule has 28 heavy (non-hydrogen) atoms. The first kappa shape index (κ1) is 19.6. The molecule has 3 aromatic rings. The maximum Gasteiger partial charge on any atom is 0.272 e. The molecule has 5 heteroatoms. The van der Waals surface area contributed by atoms with Crippen LogP contribution in [0.4, 0.5) is 5.69 Å². The maximum absolute atomic E-state index is 12.9. The largest absolute Gasteiger partial charge is 0.321 e. The van der Waals surface area contributed by atoms with Crippen molar-refractivity contribution in [3.05, 3.63) is 93.3 Å². The minimum Gasteiger partial charge on any atom is -0.321 e. The monoisotopic (exact) mass is 390 g/mol. The molecule has 0 aliphatic carbocycles. The van der Waals surface area contributed by atoms with Crippen molar-refractivity contribution in [2.75, 3.05) is 5.32 Å². The van der Waals surface area contributed by atoms with E-state index < -0.39 is 0 Å². The lowest BCUT2D eigenvalue weighted by molar-refractivity contribution is -0.113. The van der Waals surface area contributed by atoms with Crippen molar-refractivity contribution >= 4 is 34.9 Å². The lowest BCUT2D eigenvalue weighted by Crippen LogP contribution is -2.31. The van der Waals surface area contributed by atoms with Gasteiger partial charge in [-0.15, -0.1) is 11.3 Å². The van der Waals surface area contributed by atoms with Crippen LogP contribution in [0.15, 0.2) is 71.7 Å². The Morgan fingerprint density at radius 1 is 1.00 bits per heavy atom. The zero-order chi connectivity index (χ0) is 19.9. The summed E-state index contributed by atoms with van der Waals surface area (Å²) >= 11 is 1.50. The highest BCUT2D eigenvalue weighted by Crippen LogP contribution is 2.16. The Hall–Kier alpha value is -3.18. The van der Waals surface area contributed by atoms with Gasteiger partial charge in [0.15, 0.2) is 0 Å². The molecule has 0 aliphatic heterocycles. The van der Waals surface area contributed by atoms with Crippen LogP contribution in [-0.2, 0) is 11.2 Å². The lowest BCUT2D eigenvalue weighted by atomic mass is 10.1. The molecular formula is C23H22N2O2S. The number of nitrogens with one attached hydrogen (secondary N) is 2. The Kier molecular flexibility index (Phi) is 6.40. The van der Waals surface area contributed by atoms with Crippen LogP contribution >= 0.6 is 11.3 Å². The Balaban J connectivity index is 1.83. The third kappa shape index (κ3) is 4.96. The second-order valence-corrected chi connectivity index (χ2v) is 7.33. The first-order valence-electron chi connectivity index (χ1n) is 9.09. The van der Waals surface area contributed by atoms with Gasteiger partial charge in [0.1, 0.15) is 5.70 Å². The van der Waals surface area contributed by atoms with E-state index in [1.165, 1.54) is 16.9 Å². The lowest BCUT2D eigenvalue weighted by Gasteiger charge is -2.12. The fraction of sp³-hybridized carbons (Fsp3) is 0.130. The third-order valence-corrected chi connectivity index (χ3v) is 5.15. The summed E-state index contributed by atoms with van der Waals surface area (Å²) in [4.78, 5) is 26.5. The number of carbonyl (C=O) groups is 2. The Labute approximate surface area is 168 Å². The van der Waals surface area contributed by atoms with Crippen LogP contribution < -0.4 is 10.6 Å². The highest BCUT2D eigenvalue weighted by Gasteiger charge is 2.16. The van der Waals surface area contributed by atoms with E-state index in [4.69, 9.17) is 0 Å². The number of hydrogen-bond acceptors (Lipinski definition) is 3. The van der Waals surface area contributed by atoms with Crippen LogP contribution in [0.2, 0.25) is 0 Å². The first-order valence-corrected chi connectivity index (χ1v) is 9.97. The van der Waals surface area contributed by atoms with Gasteiger partial charge >= 0.3 is 0 Å². The molecule has 0 saturated carbocycles. The van der Waals surface area contributed by atoms with Crippen LogP contribution in [0, 0.1) is 6.92 Å². The van der Waals surface area contributed by atoms with Gasteiger partial charge in [-0.25, -0.2) is 0 Å². The summed E-state index contributed by atoms with van der Waals surface area (Å²) in [6.45, 7) is 3.95. The van der Waals surface area contributed by atoms with Crippen LogP contribution in [0.5, 0.6) is 0 Å². The Morgan fingerprint density at radius 2 is 1.75 bits per heavy atom. The maximum atomic E-state index is 12.9. The molecule has 1 aromatic heterocycles. The van der Waals surface area contributed by atoms with E-state index in [9.17, 15) is 9.59 Å². The van der Waals surface area contributed by atoms with E-state index in [1.54, 1.807) is 18.2 Å². The third-order valence-electron chi connectivity index (χ3n) is 4.33. The van der Waals surface area contributed by atoms with Crippen molar-refractivity contribution < 1.29 is 9.59 Å². The zero-order valence-electron chi connectivity index (χ0n) is 15.9. The quantitative estimate of drug-likeness (QED) is 0.580. The number of benzene rings is 2.